The number of hydrogen-bond donors (Lipinski definition) is 0. The Morgan fingerprint density at radius 2 is 1.86 bits per heavy atom. The molecule has 28 heavy (non-hydrogen) atoms. The second kappa shape index (κ2) is 7.66. The molecule has 3 aromatic carbocycles. The summed E-state index contributed by atoms with van der Waals surface area (Å²) < 4.78 is 31.3. The van der Waals surface area contributed by atoms with Crippen molar-refractivity contribution < 1.29 is 23.5 Å². The molecule has 0 aliphatic carbocycles. The first-order valence-corrected chi connectivity index (χ1v) is 8.62. The first-order chi connectivity index (χ1) is 13.6. The molecule has 0 amide bonds. The number of hydrogen-bond acceptors (Lipinski definition) is 5. The number of halogens is 1. The third kappa shape index (κ3) is 3.65. The molecule has 0 unspecified atom stereocenters. The van der Waals surface area contributed by atoms with Crippen LogP contribution >= 0.6 is 0 Å². The molecule has 0 aromatic heterocycles. The molecule has 1 atom stereocenters. The van der Waals surface area contributed by atoms with Crippen molar-refractivity contribution in [1.29, 1.82) is 0 Å². The Morgan fingerprint density at radius 3 is 2.64 bits per heavy atom. The molecule has 7 heteroatoms. The molecular formula is C21H16FNO5. The number of nitro benzene ring substituents is 1. The van der Waals surface area contributed by atoms with Crippen LogP contribution in [0.1, 0.15) is 23.0 Å². The smallest absolute Gasteiger partial charge is 0.310 e. The van der Waals surface area contributed by atoms with Crippen LogP contribution in [0.3, 0.4) is 0 Å². The SMILES string of the molecule is O=[N+]([O-])c1ccccc1OCc1cc(F)cc2c1O[C@H](c1ccccc1)OC2. The van der Waals surface area contributed by atoms with Crippen LogP contribution in [0.4, 0.5) is 10.1 Å². The van der Waals surface area contributed by atoms with Gasteiger partial charge in [0.2, 0.25) is 6.29 Å². The first kappa shape index (κ1) is 17.9. The predicted molar refractivity (Wildman–Crippen MR) is 98.4 cm³/mol. The number of para-hydroxylation sites is 2. The van der Waals surface area contributed by atoms with Gasteiger partial charge in [0.25, 0.3) is 0 Å². The largest absolute Gasteiger partial charge is 0.482 e. The fourth-order valence-corrected chi connectivity index (χ4v) is 3.04. The van der Waals surface area contributed by atoms with Gasteiger partial charge in [0.15, 0.2) is 5.75 Å². The minimum Gasteiger partial charge on any atom is -0.482 e. The van der Waals surface area contributed by atoms with E-state index < -0.39 is 17.0 Å². The molecule has 0 N–H and O–H groups in total. The summed E-state index contributed by atoms with van der Waals surface area (Å²) in [5.74, 6) is 0.127. The lowest BCUT2D eigenvalue weighted by atomic mass is 10.1. The third-order valence-corrected chi connectivity index (χ3v) is 4.34. The normalized spacial score (nSPS) is 15.4. The van der Waals surface area contributed by atoms with E-state index in [1.54, 1.807) is 12.1 Å². The van der Waals surface area contributed by atoms with E-state index in [1.807, 2.05) is 30.3 Å². The van der Waals surface area contributed by atoms with E-state index in [2.05, 4.69) is 0 Å². The molecule has 0 spiro atoms. The summed E-state index contributed by atoms with van der Waals surface area (Å²) >= 11 is 0. The maximum Gasteiger partial charge on any atom is 0.310 e. The van der Waals surface area contributed by atoms with E-state index in [0.29, 0.717) is 16.9 Å². The number of benzene rings is 3. The molecule has 3 aromatic rings. The highest BCUT2D eigenvalue weighted by Gasteiger charge is 2.26. The molecule has 1 heterocycles. The molecule has 0 saturated heterocycles. The number of nitrogens with zero attached hydrogens (tertiary/aromatic N) is 1. The van der Waals surface area contributed by atoms with Gasteiger partial charge in [0, 0.05) is 22.8 Å². The molecule has 0 radical (unpaired) electrons. The molecule has 4 rings (SSSR count). The molecule has 6 nitrogen and oxygen atoms in total. The van der Waals surface area contributed by atoms with Crippen LogP contribution in [0.2, 0.25) is 0 Å². The van der Waals surface area contributed by atoms with E-state index in [-0.39, 0.29) is 24.7 Å². The number of nitro groups is 1. The van der Waals surface area contributed by atoms with E-state index in [9.17, 15) is 14.5 Å². The number of ether oxygens (including phenoxy) is 3. The van der Waals surface area contributed by atoms with Crippen LogP contribution in [-0.2, 0) is 18.0 Å². The van der Waals surface area contributed by atoms with Gasteiger partial charge in [0.05, 0.1) is 11.5 Å². The van der Waals surface area contributed by atoms with Crippen LogP contribution in [0, 0.1) is 15.9 Å². The van der Waals surface area contributed by atoms with Gasteiger partial charge in [-0.25, -0.2) is 4.39 Å². The Bertz CT molecular complexity index is 1010. The molecule has 0 bridgehead atoms. The van der Waals surface area contributed by atoms with Gasteiger partial charge in [0.1, 0.15) is 18.2 Å². The van der Waals surface area contributed by atoms with Crippen LogP contribution in [0.15, 0.2) is 66.7 Å². The zero-order valence-electron chi connectivity index (χ0n) is 14.7. The Morgan fingerprint density at radius 1 is 1.11 bits per heavy atom. The van der Waals surface area contributed by atoms with Gasteiger partial charge in [-0.15, -0.1) is 0 Å². The van der Waals surface area contributed by atoms with Gasteiger partial charge >= 0.3 is 5.69 Å². The van der Waals surface area contributed by atoms with E-state index in [4.69, 9.17) is 14.2 Å². The zero-order valence-corrected chi connectivity index (χ0v) is 14.7. The number of rotatable bonds is 5. The summed E-state index contributed by atoms with van der Waals surface area (Å²) in [5.41, 5.74) is 1.70. The summed E-state index contributed by atoms with van der Waals surface area (Å²) in [6, 6.07) is 18.1. The van der Waals surface area contributed by atoms with Gasteiger partial charge in [-0.2, -0.15) is 0 Å². The first-order valence-electron chi connectivity index (χ1n) is 8.62. The molecule has 1 aliphatic rings. The average Bonchev–Trinajstić information content (AvgIpc) is 2.72. The molecular weight excluding hydrogens is 365 g/mol. The summed E-state index contributed by atoms with van der Waals surface area (Å²) in [7, 11) is 0. The van der Waals surface area contributed by atoms with Gasteiger partial charge in [-0.05, 0) is 18.2 Å². The van der Waals surface area contributed by atoms with Crippen LogP contribution < -0.4 is 9.47 Å². The van der Waals surface area contributed by atoms with Crippen molar-refractivity contribution in [3.05, 3.63) is 99.4 Å². The fraction of sp³-hybridized carbons (Fsp3) is 0.143. The summed E-state index contributed by atoms with van der Waals surface area (Å²) in [5, 5.41) is 11.1. The quantitative estimate of drug-likeness (QED) is 0.463. The van der Waals surface area contributed by atoms with Crippen molar-refractivity contribution in [1.82, 2.24) is 0 Å². The Labute approximate surface area is 160 Å². The lowest BCUT2D eigenvalue weighted by Crippen LogP contribution is -2.19. The van der Waals surface area contributed by atoms with E-state index in [0.717, 1.165) is 5.56 Å². The maximum atomic E-state index is 14.0. The van der Waals surface area contributed by atoms with Gasteiger partial charge < -0.3 is 14.2 Å². The lowest BCUT2D eigenvalue weighted by Gasteiger charge is -2.28. The van der Waals surface area contributed by atoms with Gasteiger partial charge in [-0.3, -0.25) is 10.1 Å². The van der Waals surface area contributed by atoms with E-state index in [1.165, 1.54) is 24.3 Å². The third-order valence-electron chi connectivity index (χ3n) is 4.34. The van der Waals surface area contributed by atoms with Gasteiger partial charge in [-0.1, -0.05) is 42.5 Å². The Hall–Kier alpha value is -3.45. The van der Waals surface area contributed by atoms with Crippen LogP contribution in [0.25, 0.3) is 0 Å². The molecule has 142 valence electrons. The monoisotopic (exact) mass is 381 g/mol. The van der Waals surface area contributed by atoms with Crippen molar-refractivity contribution in [2.24, 2.45) is 0 Å². The van der Waals surface area contributed by atoms with E-state index >= 15 is 0 Å². The summed E-state index contributed by atoms with van der Waals surface area (Å²) in [6.45, 7) is 0.109. The fourth-order valence-electron chi connectivity index (χ4n) is 3.04. The highest BCUT2D eigenvalue weighted by atomic mass is 19.1. The topological polar surface area (TPSA) is 70.8 Å². The molecule has 0 fully saturated rings. The molecule has 0 saturated carbocycles. The summed E-state index contributed by atoms with van der Waals surface area (Å²) in [4.78, 5) is 10.6. The van der Waals surface area contributed by atoms with Crippen molar-refractivity contribution in [2.75, 3.05) is 0 Å². The zero-order chi connectivity index (χ0) is 19.5. The minimum absolute atomic E-state index is 0.0769. The van der Waals surface area contributed by atoms with Crippen molar-refractivity contribution in [3.63, 3.8) is 0 Å². The van der Waals surface area contributed by atoms with Crippen molar-refractivity contribution in [2.45, 2.75) is 19.5 Å². The second-order valence-electron chi connectivity index (χ2n) is 6.24. The number of fused-ring (bicyclic) bond motifs is 1. The van der Waals surface area contributed by atoms with Crippen molar-refractivity contribution in [3.8, 4) is 11.5 Å². The minimum atomic E-state index is -0.621. The predicted octanol–water partition coefficient (Wildman–Crippen LogP) is 4.92. The lowest BCUT2D eigenvalue weighted by molar-refractivity contribution is -0.385. The second-order valence-corrected chi connectivity index (χ2v) is 6.24. The highest BCUT2D eigenvalue weighted by Crippen LogP contribution is 2.37. The highest BCUT2D eigenvalue weighted by molar-refractivity contribution is 5.47. The standard InChI is InChI=1S/C21H16FNO5/c22-17-10-15(12-26-19-9-5-4-8-18(19)23(24)25)20-16(11-17)13-27-21(28-20)14-6-2-1-3-7-14/h1-11,21H,12-13H2/t21-/m1/s1. The average molecular weight is 381 g/mol. The Kier molecular flexibility index (Phi) is 4.90. The maximum absolute atomic E-state index is 14.0. The molecule has 1 aliphatic heterocycles. The summed E-state index contributed by atoms with van der Waals surface area (Å²) in [6.07, 6.45) is -0.621. The van der Waals surface area contributed by atoms with Crippen LogP contribution in [0.5, 0.6) is 11.5 Å². The van der Waals surface area contributed by atoms with Crippen molar-refractivity contribution >= 4 is 5.69 Å². The Balaban J connectivity index is 1.61. The van der Waals surface area contributed by atoms with Crippen LogP contribution in [-0.4, -0.2) is 4.92 Å².